The quantitative estimate of drug-likeness (QED) is 0.387. The van der Waals surface area contributed by atoms with Crippen molar-refractivity contribution in [1.82, 2.24) is 0 Å². The van der Waals surface area contributed by atoms with Crippen LogP contribution in [-0.2, 0) is 0 Å². The van der Waals surface area contributed by atoms with Gasteiger partial charge in [-0.15, -0.1) is 0 Å². The average molecular weight is 306 g/mol. The van der Waals surface area contributed by atoms with Crippen LogP contribution in [0.3, 0.4) is 0 Å². The molecule has 1 aliphatic carbocycles. The summed E-state index contributed by atoms with van der Waals surface area (Å²) in [5.74, 6) is 0.119. The van der Waals surface area contributed by atoms with Gasteiger partial charge in [0.2, 0.25) is 0 Å². The Morgan fingerprint density at radius 2 is 1.21 bits per heavy atom. The molecule has 0 unspecified atom stereocenters. The van der Waals surface area contributed by atoms with E-state index in [1.54, 1.807) is 0 Å². The number of hydrogen-bond donors (Lipinski definition) is 0. The molecule has 5 rings (SSSR count). The van der Waals surface area contributed by atoms with Crippen LogP contribution in [0.4, 0.5) is 0 Å². The molecule has 1 aliphatic rings. The molecule has 0 amide bonds. The Bertz CT molecular complexity index is 1110. The molecular weight excluding hydrogens is 292 g/mol. The predicted octanol–water partition coefficient (Wildman–Crippen LogP) is 5.72. The van der Waals surface area contributed by atoms with E-state index in [4.69, 9.17) is 0 Å². The number of rotatable bonds is 1. The summed E-state index contributed by atoms with van der Waals surface area (Å²) in [6.45, 7) is 0. The number of hydrogen-bond acceptors (Lipinski definition) is 1. The summed E-state index contributed by atoms with van der Waals surface area (Å²) in [5, 5.41) is 2.19. The van der Waals surface area contributed by atoms with E-state index in [-0.39, 0.29) is 5.78 Å². The van der Waals surface area contributed by atoms with Gasteiger partial charge in [-0.2, -0.15) is 0 Å². The standard InChI is InChI=1S/C23H14O/c24-23-20-11-5-4-10-18(20)19-12-6-9-16-13-14-17(22(23)21(16)19)15-7-2-1-3-8-15/h1-14H. The second-order valence-electron chi connectivity index (χ2n) is 6.13. The largest absolute Gasteiger partial charge is 0.289 e. The summed E-state index contributed by atoms with van der Waals surface area (Å²) in [5.41, 5.74) is 5.89. The molecular formula is C23H14O. The van der Waals surface area contributed by atoms with Crippen LogP contribution < -0.4 is 0 Å². The van der Waals surface area contributed by atoms with E-state index < -0.39 is 0 Å². The Balaban J connectivity index is 1.97. The van der Waals surface area contributed by atoms with Crippen molar-refractivity contribution in [3.8, 4) is 22.3 Å². The normalized spacial score (nSPS) is 12.2. The minimum absolute atomic E-state index is 0.119. The van der Waals surface area contributed by atoms with E-state index >= 15 is 0 Å². The van der Waals surface area contributed by atoms with Crippen molar-refractivity contribution >= 4 is 16.6 Å². The van der Waals surface area contributed by atoms with E-state index in [1.165, 1.54) is 0 Å². The molecule has 24 heavy (non-hydrogen) atoms. The molecule has 0 N–H and O–H groups in total. The maximum atomic E-state index is 13.3. The van der Waals surface area contributed by atoms with Gasteiger partial charge in [-0.25, -0.2) is 0 Å². The second-order valence-corrected chi connectivity index (χ2v) is 6.13. The highest BCUT2D eigenvalue weighted by Crippen LogP contribution is 2.42. The molecule has 4 aromatic rings. The molecule has 0 aliphatic heterocycles. The Morgan fingerprint density at radius 3 is 2.04 bits per heavy atom. The van der Waals surface area contributed by atoms with Gasteiger partial charge in [-0.1, -0.05) is 84.9 Å². The third-order valence-electron chi connectivity index (χ3n) is 4.82. The van der Waals surface area contributed by atoms with Crippen molar-refractivity contribution in [2.75, 3.05) is 0 Å². The van der Waals surface area contributed by atoms with E-state index in [2.05, 4.69) is 42.5 Å². The van der Waals surface area contributed by atoms with E-state index in [0.717, 1.165) is 44.2 Å². The summed E-state index contributed by atoms with van der Waals surface area (Å²) < 4.78 is 0. The highest BCUT2D eigenvalue weighted by Gasteiger charge is 2.27. The van der Waals surface area contributed by atoms with Crippen molar-refractivity contribution in [3.05, 3.63) is 96.1 Å². The number of fused-ring (bicyclic) bond motifs is 2. The van der Waals surface area contributed by atoms with Gasteiger partial charge in [0.15, 0.2) is 5.78 Å². The van der Waals surface area contributed by atoms with E-state index in [1.807, 2.05) is 42.5 Å². The van der Waals surface area contributed by atoms with Crippen molar-refractivity contribution in [2.45, 2.75) is 0 Å². The van der Waals surface area contributed by atoms with Crippen molar-refractivity contribution in [1.29, 1.82) is 0 Å². The topological polar surface area (TPSA) is 17.1 Å². The molecule has 0 radical (unpaired) electrons. The number of benzene rings is 4. The fraction of sp³-hybridized carbons (Fsp3) is 0. The van der Waals surface area contributed by atoms with Crippen molar-refractivity contribution in [3.63, 3.8) is 0 Å². The zero-order valence-electron chi connectivity index (χ0n) is 13.0. The Morgan fingerprint density at radius 1 is 0.500 bits per heavy atom. The van der Waals surface area contributed by atoms with E-state index in [9.17, 15) is 4.79 Å². The SMILES string of the molecule is O=C1c2ccccc2-c2cccc3ccc(-c4ccccc4)c1c23. The summed E-state index contributed by atoms with van der Waals surface area (Å²) in [6.07, 6.45) is 0. The van der Waals surface area contributed by atoms with Crippen LogP contribution in [0, 0.1) is 0 Å². The highest BCUT2D eigenvalue weighted by atomic mass is 16.1. The highest BCUT2D eigenvalue weighted by molar-refractivity contribution is 6.28. The fourth-order valence-corrected chi connectivity index (χ4v) is 3.75. The van der Waals surface area contributed by atoms with Gasteiger partial charge in [0, 0.05) is 16.5 Å². The lowest BCUT2D eigenvalue weighted by Crippen LogP contribution is -2.11. The van der Waals surface area contributed by atoms with Gasteiger partial charge in [-0.3, -0.25) is 4.79 Å². The lowest BCUT2D eigenvalue weighted by molar-refractivity contribution is 0.104. The molecule has 0 saturated heterocycles. The Kier molecular flexibility index (Phi) is 2.71. The summed E-state index contributed by atoms with van der Waals surface area (Å²) in [6, 6.07) is 28.5. The first-order chi connectivity index (χ1) is 11.8. The molecule has 0 bridgehead atoms. The van der Waals surface area contributed by atoms with Crippen LogP contribution in [0.25, 0.3) is 33.0 Å². The third kappa shape index (κ3) is 1.73. The van der Waals surface area contributed by atoms with Gasteiger partial charge >= 0.3 is 0 Å². The molecule has 1 heteroatoms. The van der Waals surface area contributed by atoms with Gasteiger partial charge in [-0.05, 0) is 27.6 Å². The summed E-state index contributed by atoms with van der Waals surface area (Å²) in [7, 11) is 0. The molecule has 0 spiro atoms. The van der Waals surface area contributed by atoms with Gasteiger partial charge in [0.1, 0.15) is 0 Å². The lowest BCUT2D eigenvalue weighted by Gasteiger charge is -2.22. The molecule has 0 fully saturated rings. The van der Waals surface area contributed by atoms with Crippen LogP contribution in [0.1, 0.15) is 15.9 Å². The molecule has 1 nitrogen and oxygen atoms in total. The monoisotopic (exact) mass is 306 g/mol. The van der Waals surface area contributed by atoms with E-state index in [0.29, 0.717) is 0 Å². The zero-order valence-corrected chi connectivity index (χ0v) is 13.0. The van der Waals surface area contributed by atoms with Crippen LogP contribution in [0.2, 0.25) is 0 Å². The number of carbonyl (C=O) groups is 1. The third-order valence-corrected chi connectivity index (χ3v) is 4.82. The molecule has 0 atom stereocenters. The maximum absolute atomic E-state index is 13.3. The van der Waals surface area contributed by atoms with Gasteiger partial charge in [0.25, 0.3) is 0 Å². The smallest absolute Gasteiger partial charge is 0.194 e. The molecule has 0 heterocycles. The van der Waals surface area contributed by atoms with Crippen LogP contribution in [-0.4, -0.2) is 5.78 Å². The first-order valence-corrected chi connectivity index (χ1v) is 8.10. The predicted molar refractivity (Wildman–Crippen MR) is 98.3 cm³/mol. The number of carbonyl (C=O) groups excluding carboxylic acids is 1. The molecule has 4 aromatic carbocycles. The lowest BCUT2D eigenvalue weighted by atomic mass is 9.80. The second kappa shape index (κ2) is 4.90. The summed E-state index contributed by atoms with van der Waals surface area (Å²) >= 11 is 0. The Labute approximate surface area is 140 Å². The van der Waals surface area contributed by atoms with Crippen molar-refractivity contribution < 1.29 is 4.79 Å². The van der Waals surface area contributed by atoms with Crippen molar-refractivity contribution in [2.24, 2.45) is 0 Å². The van der Waals surface area contributed by atoms with Crippen LogP contribution >= 0.6 is 0 Å². The Hall–Kier alpha value is -3.19. The molecule has 112 valence electrons. The first kappa shape index (κ1) is 13.3. The van der Waals surface area contributed by atoms with Gasteiger partial charge < -0.3 is 0 Å². The number of ketones is 1. The summed E-state index contributed by atoms with van der Waals surface area (Å²) in [4.78, 5) is 13.3. The molecule has 0 aromatic heterocycles. The first-order valence-electron chi connectivity index (χ1n) is 8.10. The zero-order chi connectivity index (χ0) is 16.1. The minimum Gasteiger partial charge on any atom is -0.289 e. The van der Waals surface area contributed by atoms with Crippen LogP contribution in [0.5, 0.6) is 0 Å². The van der Waals surface area contributed by atoms with Crippen LogP contribution in [0.15, 0.2) is 84.9 Å². The average Bonchev–Trinajstić information content (AvgIpc) is 2.66. The maximum Gasteiger partial charge on any atom is 0.194 e. The molecule has 0 saturated carbocycles. The minimum atomic E-state index is 0.119. The fourth-order valence-electron chi connectivity index (χ4n) is 3.75. The van der Waals surface area contributed by atoms with Gasteiger partial charge in [0.05, 0.1) is 0 Å².